The third-order valence-electron chi connectivity index (χ3n) is 3.33. The van der Waals surface area contributed by atoms with Crippen LogP contribution >= 0.6 is 0 Å². The summed E-state index contributed by atoms with van der Waals surface area (Å²) in [4.78, 5) is 12.1. The van der Waals surface area contributed by atoms with Gasteiger partial charge in [0.2, 0.25) is 0 Å². The average Bonchev–Trinajstić information content (AvgIpc) is 3.02. The number of rotatable bonds is 6. The van der Waals surface area contributed by atoms with Gasteiger partial charge in [0.25, 0.3) is 5.91 Å². The van der Waals surface area contributed by atoms with Crippen LogP contribution in [0.4, 0.5) is 18.9 Å². The zero-order valence-corrected chi connectivity index (χ0v) is 12.6. The van der Waals surface area contributed by atoms with E-state index in [-0.39, 0.29) is 24.7 Å². The molecule has 0 radical (unpaired) electrons. The van der Waals surface area contributed by atoms with Gasteiger partial charge < -0.3 is 19.5 Å². The molecule has 1 aliphatic heterocycles. The Bertz CT molecular complexity index is 542. The summed E-state index contributed by atoms with van der Waals surface area (Å²) in [6.07, 6.45) is -3.85. The minimum absolute atomic E-state index is 0.0311. The number of carbonyl (C=O) groups excluding carboxylic acids is 1. The second-order valence-electron chi connectivity index (χ2n) is 5.04. The third kappa shape index (κ3) is 4.84. The first-order valence-electron chi connectivity index (χ1n) is 7.17. The summed E-state index contributed by atoms with van der Waals surface area (Å²) < 4.78 is 54.0. The number of carbonyl (C=O) groups is 1. The summed E-state index contributed by atoms with van der Waals surface area (Å²) in [5.74, 6) is -0.320. The van der Waals surface area contributed by atoms with Crippen molar-refractivity contribution >= 4 is 11.6 Å². The fourth-order valence-electron chi connectivity index (χ4n) is 2.16. The van der Waals surface area contributed by atoms with Crippen molar-refractivity contribution < 1.29 is 32.2 Å². The lowest BCUT2D eigenvalue weighted by molar-refractivity contribution is -0.137. The Morgan fingerprint density at radius 1 is 1.39 bits per heavy atom. The van der Waals surface area contributed by atoms with Gasteiger partial charge in [0.1, 0.15) is 18.5 Å². The maximum Gasteiger partial charge on any atom is 0.416 e. The van der Waals surface area contributed by atoms with Gasteiger partial charge in [-0.3, -0.25) is 4.79 Å². The van der Waals surface area contributed by atoms with Crippen molar-refractivity contribution in [1.29, 1.82) is 0 Å². The van der Waals surface area contributed by atoms with E-state index in [2.05, 4.69) is 5.32 Å². The van der Waals surface area contributed by atoms with Crippen LogP contribution in [0.3, 0.4) is 0 Å². The van der Waals surface area contributed by atoms with Crippen molar-refractivity contribution in [2.75, 3.05) is 32.2 Å². The highest BCUT2D eigenvalue weighted by Gasteiger charge is 2.32. The summed E-state index contributed by atoms with van der Waals surface area (Å²) in [6.45, 7) is 0.905. The molecule has 1 N–H and O–H groups in total. The first-order chi connectivity index (χ1) is 10.9. The van der Waals surface area contributed by atoms with Crippen LogP contribution in [-0.4, -0.2) is 38.9 Å². The molecule has 2 rings (SSSR count). The van der Waals surface area contributed by atoms with Gasteiger partial charge in [0.15, 0.2) is 0 Å². The SMILES string of the molecule is COCCOc1ccc(C(F)(F)F)cc1NC(=O)C1CCCO1. The van der Waals surface area contributed by atoms with Gasteiger partial charge in [-0.25, -0.2) is 0 Å². The molecule has 0 spiro atoms. The molecule has 1 saturated heterocycles. The van der Waals surface area contributed by atoms with E-state index in [0.29, 0.717) is 13.0 Å². The molecule has 0 aliphatic carbocycles. The number of ether oxygens (including phenoxy) is 3. The largest absolute Gasteiger partial charge is 0.489 e. The first-order valence-corrected chi connectivity index (χ1v) is 7.17. The van der Waals surface area contributed by atoms with Gasteiger partial charge in [0, 0.05) is 13.7 Å². The Kier molecular flexibility index (Phi) is 5.84. The highest BCUT2D eigenvalue weighted by molar-refractivity contribution is 5.95. The molecular formula is C15H18F3NO4. The molecule has 0 bridgehead atoms. The van der Waals surface area contributed by atoms with Crippen molar-refractivity contribution in [1.82, 2.24) is 0 Å². The number of methoxy groups -OCH3 is 1. The molecule has 8 heteroatoms. The molecule has 1 fully saturated rings. The van der Waals surface area contributed by atoms with Gasteiger partial charge in [-0.05, 0) is 31.0 Å². The van der Waals surface area contributed by atoms with E-state index >= 15 is 0 Å². The van der Waals surface area contributed by atoms with Crippen LogP contribution < -0.4 is 10.1 Å². The Hall–Kier alpha value is -1.80. The lowest BCUT2D eigenvalue weighted by atomic mass is 10.1. The number of anilines is 1. The first kappa shape index (κ1) is 17.6. The fraction of sp³-hybridized carbons (Fsp3) is 0.533. The zero-order chi connectivity index (χ0) is 16.9. The Labute approximate surface area is 131 Å². The smallest absolute Gasteiger partial charge is 0.416 e. The van der Waals surface area contributed by atoms with Crippen LogP contribution in [-0.2, 0) is 20.4 Å². The number of halogens is 3. The molecule has 0 saturated carbocycles. The Balaban J connectivity index is 2.18. The summed E-state index contributed by atoms with van der Waals surface area (Å²) in [5.41, 5.74) is -0.893. The number of hydrogen-bond donors (Lipinski definition) is 1. The van der Waals surface area contributed by atoms with E-state index < -0.39 is 23.8 Å². The number of alkyl halides is 3. The van der Waals surface area contributed by atoms with Crippen LogP contribution in [0.15, 0.2) is 18.2 Å². The predicted octanol–water partition coefficient (Wildman–Crippen LogP) is 2.85. The van der Waals surface area contributed by atoms with Crippen LogP contribution in [0.1, 0.15) is 18.4 Å². The molecule has 1 aliphatic rings. The van der Waals surface area contributed by atoms with Gasteiger partial charge in [-0.1, -0.05) is 0 Å². The van der Waals surface area contributed by atoms with E-state index in [1.54, 1.807) is 0 Å². The molecule has 128 valence electrons. The second-order valence-corrected chi connectivity index (χ2v) is 5.04. The highest BCUT2D eigenvalue weighted by atomic mass is 19.4. The quantitative estimate of drug-likeness (QED) is 0.814. The molecule has 1 unspecified atom stereocenters. The lowest BCUT2D eigenvalue weighted by Crippen LogP contribution is -2.27. The molecule has 5 nitrogen and oxygen atoms in total. The number of nitrogens with one attached hydrogen (secondary N) is 1. The minimum atomic E-state index is -4.51. The van der Waals surface area contributed by atoms with Gasteiger partial charge in [-0.2, -0.15) is 13.2 Å². The maximum atomic E-state index is 12.8. The molecule has 1 aromatic rings. The maximum absolute atomic E-state index is 12.8. The summed E-state index contributed by atoms with van der Waals surface area (Å²) in [5, 5.41) is 2.46. The van der Waals surface area contributed by atoms with E-state index in [0.717, 1.165) is 18.6 Å². The van der Waals surface area contributed by atoms with Crippen molar-refractivity contribution in [2.24, 2.45) is 0 Å². The molecule has 0 aromatic heterocycles. The summed E-state index contributed by atoms with van der Waals surface area (Å²) >= 11 is 0. The Morgan fingerprint density at radius 2 is 2.17 bits per heavy atom. The van der Waals surface area contributed by atoms with E-state index in [4.69, 9.17) is 14.2 Å². The number of hydrogen-bond acceptors (Lipinski definition) is 4. The summed E-state index contributed by atoms with van der Waals surface area (Å²) in [6, 6.07) is 2.95. The molecular weight excluding hydrogens is 315 g/mol. The predicted molar refractivity (Wildman–Crippen MR) is 76.4 cm³/mol. The molecule has 1 heterocycles. The van der Waals surface area contributed by atoms with Crippen molar-refractivity contribution in [3.05, 3.63) is 23.8 Å². The van der Waals surface area contributed by atoms with Crippen LogP contribution in [0.5, 0.6) is 5.75 Å². The zero-order valence-electron chi connectivity index (χ0n) is 12.6. The topological polar surface area (TPSA) is 56.8 Å². The van der Waals surface area contributed by atoms with Crippen LogP contribution in [0, 0.1) is 0 Å². The lowest BCUT2D eigenvalue weighted by Gasteiger charge is -2.16. The van der Waals surface area contributed by atoms with Crippen LogP contribution in [0.25, 0.3) is 0 Å². The molecule has 1 atom stereocenters. The average molecular weight is 333 g/mol. The fourth-order valence-corrected chi connectivity index (χ4v) is 2.16. The standard InChI is InChI=1S/C15H18F3NO4/c1-21-7-8-23-12-5-4-10(15(16,17)18)9-11(12)19-14(20)13-3-2-6-22-13/h4-5,9,13H,2-3,6-8H2,1H3,(H,19,20). The molecule has 1 amide bonds. The van der Waals surface area contributed by atoms with Crippen molar-refractivity contribution in [3.63, 3.8) is 0 Å². The number of amides is 1. The van der Waals surface area contributed by atoms with E-state index in [1.165, 1.54) is 13.2 Å². The van der Waals surface area contributed by atoms with E-state index in [9.17, 15) is 18.0 Å². The van der Waals surface area contributed by atoms with Gasteiger partial charge >= 0.3 is 6.18 Å². The van der Waals surface area contributed by atoms with Gasteiger partial charge in [-0.15, -0.1) is 0 Å². The number of benzene rings is 1. The van der Waals surface area contributed by atoms with Crippen molar-refractivity contribution in [3.8, 4) is 5.75 Å². The normalized spacial score (nSPS) is 18.0. The third-order valence-corrected chi connectivity index (χ3v) is 3.33. The molecule has 1 aromatic carbocycles. The van der Waals surface area contributed by atoms with Gasteiger partial charge in [0.05, 0.1) is 17.9 Å². The highest BCUT2D eigenvalue weighted by Crippen LogP contribution is 2.35. The van der Waals surface area contributed by atoms with Crippen LogP contribution in [0.2, 0.25) is 0 Å². The summed E-state index contributed by atoms with van der Waals surface area (Å²) in [7, 11) is 1.48. The Morgan fingerprint density at radius 3 is 2.78 bits per heavy atom. The minimum Gasteiger partial charge on any atom is -0.489 e. The molecule has 23 heavy (non-hydrogen) atoms. The second kappa shape index (κ2) is 7.65. The van der Waals surface area contributed by atoms with Crippen molar-refractivity contribution in [2.45, 2.75) is 25.1 Å². The monoisotopic (exact) mass is 333 g/mol. The van der Waals surface area contributed by atoms with E-state index in [1.807, 2.05) is 0 Å².